The molecule has 2 heterocycles. The number of hydrogen-bond donors (Lipinski definition) is 8. The average molecular weight is 1460 g/mol. The number of hydrogen-bond acceptors (Lipinski definition) is 18. The van der Waals surface area contributed by atoms with Gasteiger partial charge in [0.05, 0.1) is 38.8 Å². The molecule has 0 aliphatic carbocycles. The Hall–Kier alpha value is -2.61. The van der Waals surface area contributed by atoms with E-state index in [2.05, 4.69) is 64.3 Å². The monoisotopic (exact) mass is 1450 g/mol. The van der Waals surface area contributed by atoms with E-state index in [0.717, 1.165) is 161 Å². The zero-order valence-electron chi connectivity index (χ0n) is 61.8. The lowest BCUT2D eigenvalue weighted by Crippen LogP contribution is -2.67. The summed E-state index contributed by atoms with van der Waals surface area (Å²) in [6.45, 7) is 11.2. The Morgan fingerprint density at radius 1 is 0.485 bits per heavy atom. The van der Waals surface area contributed by atoms with E-state index in [0.29, 0.717) is 44.4 Å². The molecule has 0 aromatic heterocycles. The normalized spacial score (nSPS) is 22.3. The van der Waals surface area contributed by atoms with Crippen LogP contribution < -0.4 is 10.6 Å². The number of amides is 2. The first-order chi connectivity index (χ1) is 47.5. The highest BCUT2D eigenvalue weighted by atomic mass is 31.2. The van der Waals surface area contributed by atoms with Gasteiger partial charge in [0.15, 0.2) is 12.6 Å². The van der Waals surface area contributed by atoms with Crippen LogP contribution in [0.15, 0.2) is 12.2 Å². The average Bonchev–Trinajstić information content (AvgIpc) is 0.786. The summed E-state index contributed by atoms with van der Waals surface area (Å²) < 4.78 is 79.7. The largest absolute Gasteiger partial charge is 0.472 e. The number of ether oxygens (including phenoxy) is 7. The summed E-state index contributed by atoms with van der Waals surface area (Å²) in [6, 6.07) is -3.26. The number of nitrogens with one attached hydrogen (secondary N) is 2. The summed E-state index contributed by atoms with van der Waals surface area (Å²) in [5.41, 5.74) is 0. The lowest BCUT2D eigenvalue weighted by Gasteiger charge is -2.47. The molecule has 0 aromatic rings. The zero-order valence-corrected chi connectivity index (χ0v) is 63.6. The van der Waals surface area contributed by atoms with E-state index in [-0.39, 0.29) is 56.9 Å². The molecule has 13 atom stereocenters. The number of phosphoric ester groups is 2. The third kappa shape index (κ3) is 45.4. The van der Waals surface area contributed by atoms with Crippen LogP contribution in [0.4, 0.5) is 0 Å². The van der Waals surface area contributed by atoms with Crippen molar-refractivity contribution in [2.75, 3.05) is 33.5 Å². The molecule has 8 N–H and O–H groups in total. The molecule has 2 amide bonds. The highest BCUT2D eigenvalue weighted by Gasteiger charge is 2.53. The van der Waals surface area contributed by atoms with Crippen molar-refractivity contribution in [3.05, 3.63) is 12.2 Å². The summed E-state index contributed by atoms with van der Waals surface area (Å²) in [7, 11) is -9.65. The third-order valence-corrected chi connectivity index (χ3v) is 19.4. The Balaban J connectivity index is 2.64. The van der Waals surface area contributed by atoms with Gasteiger partial charge in [-0.3, -0.25) is 33.0 Å². The molecule has 99 heavy (non-hydrogen) atoms. The molecule has 2 saturated heterocycles. The topological polar surface area (TPSA) is 348 Å². The Labute approximate surface area is 594 Å². The summed E-state index contributed by atoms with van der Waals surface area (Å²) in [5, 5.41) is 28.7. The van der Waals surface area contributed by atoms with Crippen LogP contribution in [-0.2, 0) is 75.3 Å². The number of aliphatic hydroxyl groups excluding tert-OH is 2. The van der Waals surface area contributed by atoms with Crippen LogP contribution in [0.5, 0.6) is 0 Å². The van der Waals surface area contributed by atoms with Crippen LogP contribution in [-0.4, -0.2) is 166 Å². The minimum Gasteiger partial charge on any atom is -0.462 e. The van der Waals surface area contributed by atoms with Gasteiger partial charge in [0, 0.05) is 39.4 Å². The fourth-order valence-electron chi connectivity index (χ4n) is 12.7. The molecule has 24 nitrogen and oxygen atoms in total. The first kappa shape index (κ1) is 92.5. The maximum atomic E-state index is 14.3. The molecule has 580 valence electrons. The number of methoxy groups -OCH3 is 1. The van der Waals surface area contributed by atoms with Crippen LogP contribution in [0.2, 0.25) is 0 Å². The number of rotatable bonds is 64. The fraction of sp³-hybridized carbons (Fsp3) is 0.904. The van der Waals surface area contributed by atoms with Crippen LogP contribution in [0, 0.1) is 5.92 Å². The number of Topliss-reactive ketones (excluding diaryl/α,β-unsaturated/α-hetero) is 2. The van der Waals surface area contributed by atoms with Crippen molar-refractivity contribution in [3.8, 4) is 0 Å². The smallest absolute Gasteiger partial charge is 0.462 e. The van der Waals surface area contributed by atoms with Gasteiger partial charge in [-0.05, 0) is 63.7 Å². The van der Waals surface area contributed by atoms with Gasteiger partial charge in [0.25, 0.3) is 0 Å². The minimum absolute atomic E-state index is 0.0543. The summed E-state index contributed by atoms with van der Waals surface area (Å²) in [5.74, 6) is -2.43. The predicted octanol–water partition coefficient (Wildman–Crippen LogP) is 13.9. The fourth-order valence-corrected chi connectivity index (χ4v) is 13.7. The quantitative estimate of drug-likeness (QED) is 0.00922. The van der Waals surface area contributed by atoms with Gasteiger partial charge in [-0.1, -0.05) is 227 Å². The molecule has 2 rings (SSSR count). The Morgan fingerprint density at radius 2 is 0.939 bits per heavy atom. The number of allylic oxidation sites excluding steroid dienone is 2. The van der Waals surface area contributed by atoms with Gasteiger partial charge in [0.2, 0.25) is 11.8 Å². The molecule has 2 aliphatic heterocycles. The lowest BCUT2D eigenvalue weighted by molar-refractivity contribution is -0.301. The SMILES string of the molecule is CCCCCCCCCCCC(=O)CC(=O)N[C@@H]1C(OCC[C@H](O)CCCCCCC)[C@H](O)C(COC2OC(COC)[C@@H](OP(=O)(O)O)[C@H](OCC[C@@H](CCCCCCC)OC(=O)CCCC=CC(C)CCCC)[C@H]2NC(=O)CC(=O)CCCCCCCCCCC)O[C@@H]1OP(=O)(O)O. The van der Waals surface area contributed by atoms with Crippen LogP contribution >= 0.6 is 15.6 Å². The van der Waals surface area contributed by atoms with E-state index in [9.17, 15) is 62.9 Å². The van der Waals surface area contributed by atoms with E-state index in [1.807, 2.05) is 0 Å². The second kappa shape index (κ2) is 56.7. The number of ketones is 2. The molecule has 0 aromatic carbocycles. The van der Waals surface area contributed by atoms with E-state index in [1.165, 1.54) is 32.8 Å². The molecular weight excluding hydrogens is 1320 g/mol. The number of unbranched alkanes of at least 4 members (excludes halogenated alkanes) is 26. The summed E-state index contributed by atoms with van der Waals surface area (Å²) in [6.07, 6.45) is 21.5. The standard InChI is InChI=1S/C73H136N2O22P2/c1-8-13-18-22-24-26-28-32-37-44-58(77)52-63(79)74-66-70(90-50-48-57(76)43-36-30-20-15-10-3)68(82)61(94-73(66)97-99(86,87)88)55-92-72-67(75-64(80)53-59(78)45-38-33-29-27-25-23-19-14-9-2)71(69(96-98(83,84)85)62(95-72)54-89-7)91-51-49-60(46-39-31-21-16-11-4)93-65(81)47-40-34-35-42-56(6)41-17-12-5/h35,42,56-57,60-62,66-73,76,82H,8-34,36-41,43-55H2,1-7H3,(H,74,79)(H,75,80)(H2,83,84,85)(H2,86,87,88)/t56?,57-,60-,61?,62?,66-,67-,68-,69-,70?,71-,72?,73-/m1/s1. The van der Waals surface area contributed by atoms with Crippen molar-refractivity contribution in [3.63, 3.8) is 0 Å². The molecule has 0 bridgehead atoms. The molecular formula is C73H136N2O22P2. The minimum atomic E-state index is -5.51. The zero-order chi connectivity index (χ0) is 73.1. The number of aliphatic hydroxyl groups is 2. The predicted molar refractivity (Wildman–Crippen MR) is 381 cm³/mol. The lowest BCUT2D eigenvalue weighted by atomic mass is 9.95. The van der Waals surface area contributed by atoms with Crippen molar-refractivity contribution in [2.45, 2.75) is 385 Å². The molecule has 0 radical (unpaired) electrons. The van der Waals surface area contributed by atoms with Crippen molar-refractivity contribution < 1.29 is 105 Å². The van der Waals surface area contributed by atoms with Crippen molar-refractivity contribution in [1.29, 1.82) is 0 Å². The maximum Gasteiger partial charge on any atom is 0.472 e. The first-order valence-corrected chi connectivity index (χ1v) is 41.5. The molecule has 26 heteroatoms. The van der Waals surface area contributed by atoms with Gasteiger partial charge in [0.1, 0.15) is 66.4 Å². The van der Waals surface area contributed by atoms with Gasteiger partial charge in [-0.25, -0.2) is 9.13 Å². The first-order valence-electron chi connectivity index (χ1n) is 38.5. The Morgan fingerprint density at radius 3 is 1.44 bits per heavy atom. The summed E-state index contributed by atoms with van der Waals surface area (Å²) in [4.78, 5) is 110. The molecule has 5 unspecified atom stereocenters. The van der Waals surface area contributed by atoms with E-state index >= 15 is 0 Å². The number of phosphoric acid groups is 2. The molecule has 0 spiro atoms. The van der Waals surface area contributed by atoms with Crippen molar-refractivity contribution in [1.82, 2.24) is 10.6 Å². The Kier molecular flexibility index (Phi) is 53.0. The molecule has 2 aliphatic rings. The second-order valence-corrected chi connectivity index (χ2v) is 30.0. The van der Waals surface area contributed by atoms with Crippen LogP contribution in [0.25, 0.3) is 0 Å². The molecule has 2 fully saturated rings. The van der Waals surface area contributed by atoms with Crippen molar-refractivity contribution in [2.24, 2.45) is 5.92 Å². The highest BCUT2D eigenvalue weighted by molar-refractivity contribution is 7.46. The van der Waals surface area contributed by atoms with Gasteiger partial charge >= 0.3 is 21.6 Å². The van der Waals surface area contributed by atoms with E-state index < -0.39 is 133 Å². The van der Waals surface area contributed by atoms with E-state index in [1.54, 1.807) is 0 Å². The van der Waals surface area contributed by atoms with Gasteiger partial charge in [-0.15, -0.1) is 0 Å². The van der Waals surface area contributed by atoms with Crippen molar-refractivity contribution >= 4 is 45.0 Å². The van der Waals surface area contributed by atoms with Gasteiger partial charge in [-0.2, -0.15) is 0 Å². The number of carbonyl (C=O) groups excluding carboxylic acids is 5. The van der Waals surface area contributed by atoms with Crippen LogP contribution in [0.1, 0.15) is 311 Å². The maximum absolute atomic E-state index is 14.3. The van der Waals surface area contributed by atoms with Crippen LogP contribution in [0.3, 0.4) is 0 Å². The molecule has 0 saturated carbocycles. The Bertz CT molecular complexity index is 2240. The highest BCUT2D eigenvalue weighted by Crippen LogP contribution is 2.44. The summed E-state index contributed by atoms with van der Waals surface area (Å²) >= 11 is 0. The third-order valence-electron chi connectivity index (χ3n) is 18.4. The second-order valence-electron chi connectivity index (χ2n) is 27.7. The number of esters is 1. The van der Waals surface area contributed by atoms with Gasteiger partial charge < -0.3 is 73.6 Å². The van der Waals surface area contributed by atoms with E-state index in [4.69, 9.17) is 42.2 Å². The number of carbonyl (C=O) groups is 5.